The summed E-state index contributed by atoms with van der Waals surface area (Å²) in [5, 5.41) is 0. The molecule has 0 bridgehead atoms. The molecular weight excluding hydrogens is 211 g/mol. The molecule has 0 unspecified atom stereocenters. The predicted molar refractivity (Wildman–Crippen MR) is 40.9 cm³/mol. The van der Waals surface area contributed by atoms with E-state index < -0.39 is 0 Å². The van der Waals surface area contributed by atoms with Gasteiger partial charge in [0.25, 0.3) is 0 Å². The average Bonchev–Trinajstić information content (AvgIpc) is 2.34. The molecule has 0 saturated carbocycles. The summed E-state index contributed by atoms with van der Waals surface area (Å²) < 4.78 is 8.04. The van der Waals surface area contributed by atoms with E-state index in [1.54, 1.807) is 0 Å². The van der Waals surface area contributed by atoms with Crippen LogP contribution in [0.2, 0.25) is 0 Å². The van der Waals surface area contributed by atoms with Crippen LogP contribution in [0.15, 0.2) is 0 Å². The number of aromatic nitrogens is 4. The summed E-state index contributed by atoms with van der Waals surface area (Å²) in [4.78, 5) is 7.60. The van der Waals surface area contributed by atoms with Gasteiger partial charge in [-0.15, -0.1) is 0 Å². The van der Waals surface area contributed by atoms with Gasteiger partial charge in [0.2, 0.25) is 0 Å². The van der Waals surface area contributed by atoms with Crippen LogP contribution in [-0.2, 0) is 0 Å². The van der Waals surface area contributed by atoms with Crippen molar-refractivity contribution in [3.63, 3.8) is 0 Å². The number of nitrogens with zero attached hydrogens (tertiary/aromatic N) is 4. The molecule has 0 aliphatic rings. The van der Waals surface area contributed by atoms with Gasteiger partial charge in [-0.2, -0.15) is 0 Å². The van der Waals surface area contributed by atoms with Gasteiger partial charge < -0.3 is 0 Å². The summed E-state index contributed by atoms with van der Waals surface area (Å²) in [6.45, 7) is 0. The molecule has 0 spiro atoms. The minimum absolute atomic E-state index is 0.126. The Hall–Kier alpha value is -1.20. The number of rotatable bonds is 0. The minimum atomic E-state index is -0.126. The van der Waals surface area contributed by atoms with E-state index in [1.165, 1.54) is 0 Å². The maximum absolute atomic E-state index is 5.50. The molecule has 4 N–H and O–H groups in total. The van der Waals surface area contributed by atoms with Crippen LogP contribution in [-0.4, -0.2) is 32.9 Å². The third kappa shape index (κ3) is 0.940. The molecule has 0 aliphatic carbocycles. The zero-order valence-corrected chi connectivity index (χ0v) is 7.06. The third-order valence-electron chi connectivity index (χ3n) is 1.17. The van der Waals surface area contributed by atoms with Crippen molar-refractivity contribution in [2.24, 2.45) is 0 Å². The summed E-state index contributed by atoms with van der Waals surface area (Å²) >= 11 is -0.126. The first-order chi connectivity index (χ1) is 5.27. The molecule has 6 nitrogen and oxygen atoms in total. The van der Waals surface area contributed by atoms with Crippen molar-refractivity contribution in [1.29, 1.82) is 0 Å². The summed E-state index contributed by atoms with van der Waals surface area (Å²) in [5.74, 6) is 0.466. The van der Waals surface area contributed by atoms with Gasteiger partial charge in [-0.25, -0.2) is 0 Å². The fourth-order valence-corrected chi connectivity index (χ4v) is 1.78. The van der Waals surface area contributed by atoms with Crippen LogP contribution in [0, 0.1) is 0 Å². The standard InChI is InChI=1S/C4H4N6Se/c5-2-1-3(10-11-9-1)8-4(6)7-2/h(H4,5,6,7,8,10). The fraction of sp³-hybridized carbons (Fsp3) is 0. The first-order valence-electron chi connectivity index (χ1n) is 2.78. The Morgan fingerprint density at radius 2 is 1.91 bits per heavy atom. The molecule has 56 valence electrons. The van der Waals surface area contributed by atoms with Gasteiger partial charge in [0.05, 0.1) is 0 Å². The van der Waals surface area contributed by atoms with E-state index >= 15 is 0 Å². The summed E-state index contributed by atoms with van der Waals surface area (Å²) in [6.07, 6.45) is 0. The fourth-order valence-electron chi connectivity index (χ4n) is 0.729. The zero-order valence-electron chi connectivity index (χ0n) is 5.35. The Morgan fingerprint density at radius 3 is 2.73 bits per heavy atom. The first kappa shape index (κ1) is 6.51. The predicted octanol–water partition coefficient (Wildman–Crippen LogP) is -1.36. The van der Waals surface area contributed by atoms with Crippen molar-refractivity contribution in [3.05, 3.63) is 0 Å². The molecule has 0 saturated heterocycles. The van der Waals surface area contributed by atoms with Gasteiger partial charge in [-0.05, 0) is 0 Å². The Morgan fingerprint density at radius 1 is 1.09 bits per heavy atom. The number of nitrogen functional groups attached to an aromatic ring is 2. The second kappa shape index (κ2) is 2.14. The summed E-state index contributed by atoms with van der Waals surface area (Å²) in [7, 11) is 0. The van der Waals surface area contributed by atoms with Crippen molar-refractivity contribution in [2.75, 3.05) is 11.5 Å². The van der Waals surface area contributed by atoms with Crippen LogP contribution < -0.4 is 11.5 Å². The molecule has 0 aliphatic heterocycles. The van der Waals surface area contributed by atoms with Gasteiger partial charge in [-0.1, -0.05) is 0 Å². The van der Waals surface area contributed by atoms with E-state index in [0.29, 0.717) is 17.0 Å². The Balaban J connectivity index is 2.91. The second-order valence-electron chi connectivity index (χ2n) is 1.90. The second-order valence-corrected chi connectivity index (χ2v) is 3.01. The topological polar surface area (TPSA) is 104 Å². The van der Waals surface area contributed by atoms with Crippen molar-refractivity contribution in [1.82, 2.24) is 17.9 Å². The number of nitrogens with two attached hydrogens (primary N) is 2. The van der Waals surface area contributed by atoms with E-state index in [9.17, 15) is 0 Å². The van der Waals surface area contributed by atoms with Gasteiger partial charge in [0.15, 0.2) is 0 Å². The molecular formula is C4H4N6Se. The van der Waals surface area contributed by atoms with E-state index in [4.69, 9.17) is 11.5 Å². The van der Waals surface area contributed by atoms with Gasteiger partial charge >= 0.3 is 67.3 Å². The third-order valence-corrected chi connectivity index (χ3v) is 2.26. The Kier molecular flexibility index (Phi) is 1.27. The van der Waals surface area contributed by atoms with Crippen molar-refractivity contribution in [2.45, 2.75) is 0 Å². The number of fused-ring (bicyclic) bond motifs is 1. The van der Waals surface area contributed by atoms with E-state index in [2.05, 4.69) is 17.9 Å². The normalized spacial score (nSPS) is 10.5. The summed E-state index contributed by atoms with van der Waals surface area (Å²) in [6, 6.07) is 0. The summed E-state index contributed by atoms with van der Waals surface area (Å²) in [5.41, 5.74) is 11.9. The Labute approximate surface area is 67.9 Å². The van der Waals surface area contributed by atoms with Crippen molar-refractivity contribution >= 4 is 37.9 Å². The molecule has 2 heterocycles. The maximum atomic E-state index is 5.50. The van der Waals surface area contributed by atoms with E-state index in [1.807, 2.05) is 0 Å². The molecule has 0 amide bonds. The SMILES string of the molecule is Nc1nc(N)c2n[se]nc2n1. The first-order valence-corrected chi connectivity index (χ1v) is 4.32. The van der Waals surface area contributed by atoms with Crippen LogP contribution in [0.1, 0.15) is 0 Å². The van der Waals surface area contributed by atoms with E-state index in [-0.39, 0.29) is 20.9 Å². The van der Waals surface area contributed by atoms with Crippen molar-refractivity contribution in [3.8, 4) is 0 Å². The molecule has 0 fully saturated rings. The molecule has 11 heavy (non-hydrogen) atoms. The van der Waals surface area contributed by atoms with Gasteiger partial charge in [0, 0.05) is 0 Å². The molecule has 7 heteroatoms. The number of anilines is 2. The zero-order chi connectivity index (χ0) is 7.84. The van der Waals surface area contributed by atoms with E-state index in [0.717, 1.165) is 0 Å². The molecule has 2 rings (SSSR count). The average molecular weight is 215 g/mol. The number of hydrogen-bond acceptors (Lipinski definition) is 6. The molecule has 0 radical (unpaired) electrons. The molecule has 2 aromatic heterocycles. The van der Waals surface area contributed by atoms with Crippen LogP contribution in [0.5, 0.6) is 0 Å². The van der Waals surface area contributed by atoms with Crippen molar-refractivity contribution < 1.29 is 0 Å². The van der Waals surface area contributed by atoms with Crippen LogP contribution in [0.25, 0.3) is 11.2 Å². The monoisotopic (exact) mass is 216 g/mol. The quantitative estimate of drug-likeness (QED) is 0.526. The molecule has 2 aromatic rings. The molecule has 0 aromatic carbocycles. The van der Waals surface area contributed by atoms with Crippen LogP contribution in [0.3, 0.4) is 0 Å². The van der Waals surface area contributed by atoms with Crippen LogP contribution in [0.4, 0.5) is 11.8 Å². The van der Waals surface area contributed by atoms with Gasteiger partial charge in [-0.3, -0.25) is 0 Å². The number of hydrogen-bond donors (Lipinski definition) is 2. The van der Waals surface area contributed by atoms with Crippen LogP contribution >= 0.6 is 0 Å². The van der Waals surface area contributed by atoms with Gasteiger partial charge in [0.1, 0.15) is 0 Å². The molecule has 0 atom stereocenters. The Bertz CT molecular complexity index is 394.